The molecule has 0 radical (unpaired) electrons. The van der Waals surface area contributed by atoms with Gasteiger partial charge in [-0.25, -0.2) is 0 Å². The first-order chi connectivity index (χ1) is 13.0. The van der Waals surface area contributed by atoms with Gasteiger partial charge in [-0.15, -0.1) is 0 Å². The second kappa shape index (κ2) is 8.45. The van der Waals surface area contributed by atoms with Crippen molar-refractivity contribution in [3.63, 3.8) is 0 Å². The van der Waals surface area contributed by atoms with Gasteiger partial charge in [0.1, 0.15) is 11.8 Å². The molecule has 2 aromatic rings. The third-order valence-corrected chi connectivity index (χ3v) is 4.90. The number of hydrogen-bond acceptors (Lipinski definition) is 5. The maximum Gasteiger partial charge on any atom is 0.295 e. The molecule has 1 amide bonds. The van der Waals surface area contributed by atoms with Crippen molar-refractivity contribution < 1.29 is 19.4 Å². The molecule has 1 aliphatic rings. The quantitative estimate of drug-likeness (QED) is 0.329. The molecule has 3 rings (SSSR count). The topological polar surface area (TPSA) is 79.7 Å². The van der Waals surface area contributed by atoms with Gasteiger partial charge in [0.25, 0.3) is 11.7 Å². The Bertz CT molecular complexity index is 865. The molecular weight excluding hydrogens is 412 g/mol. The number of rotatable bonds is 6. The normalized spacial score (nSPS) is 18.9. The summed E-state index contributed by atoms with van der Waals surface area (Å²) >= 11 is 3.34. The van der Waals surface area contributed by atoms with Gasteiger partial charge in [-0.1, -0.05) is 34.1 Å². The Labute approximate surface area is 165 Å². The fourth-order valence-corrected chi connectivity index (χ4v) is 3.36. The van der Waals surface area contributed by atoms with Gasteiger partial charge in [-0.2, -0.15) is 0 Å². The molecule has 1 fully saturated rings. The molecule has 1 atom stereocenters. The van der Waals surface area contributed by atoms with E-state index in [-0.39, 0.29) is 11.3 Å². The molecule has 27 heavy (non-hydrogen) atoms. The van der Waals surface area contributed by atoms with Crippen molar-refractivity contribution >= 4 is 33.4 Å². The maximum atomic E-state index is 12.7. The molecule has 1 aromatic heterocycles. The summed E-state index contributed by atoms with van der Waals surface area (Å²) in [6.07, 6.45) is 2.18. The van der Waals surface area contributed by atoms with Crippen LogP contribution in [-0.2, 0) is 14.3 Å². The third kappa shape index (κ3) is 3.94. The number of ketones is 1. The van der Waals surface area contributed by atoms with Crippen LogP contribution in [0.15, 0.2) is 58.7 Å². The lowest BCUT2D eigenvalue weighted by Crippen LogP contribution is -2.31. The van der Waals surface area contributed by atoms with E-state index in [9.17, 15) is 14.7 Å². The van der Waals surface area contributed by atoms with E-state index in [0.29, 0.717) is 30.8 Å². The van der Waals surface area contributed by atoms with Gasteiger partial charge in [-0.05, 0) is 30.7 Å². The zero-order chi connectivity index (χ0) is 19.4. The number of amides is 1. The zero-order valence-electron chi connectivity index (χ0n) is 14.8. The maximum absolute atomic E-state index is 12.7. The highest BCUT2D eigenvalue weighted by atomic mass is 79.9. The highest BCUT2D eigenvalue weighted by Crippen LogP contribution is 2.38. The van der Waals surface area contributed by atoms with Crippen molar-refractivity contribution in [1.82, 2.24) is 9.88 Å². The predicted molar refractivity (Wildman–Crippen MR) is 104 cm³/mol. The highest BCUT2D eigenvalue weighted by Gasteiger charge is 2.46. The van der Waals surface area contributed by atoms with Crippen molar-refractivity contribution in [1.29, 1.82) is 0 Å². The van der Waals surface area contributed by atoms with Crippen LogP contribution in [0.1, 0.15) is 23.7 Å². The Morgan fingerprint density at radius 2 is 1.96 bits per heavy atom. The van der Waals surface area contributed by atoms with E-state index in [4.69, 9.17) is 4.74 Å². The highest BCUT2D eigenvalue weighted by molar-refractivity contribution is 9.10. The first kappa shape index (κ1) is 19.3. The number of likely N-dealkylation sites (tertiary alicyclic amines) is 1. The van der Waals surface area contributed by atoms with E-state index < -0.39 is 17.7 Å². The van der Waals surface area contributed by atoms with Crippen LogP contribution >= 0.6 is 15.9 Å². The van der Waals surface area contributed by atoms with Crippen molar-refractivity contribution in [3.05, 3.63) is 70.0 Å². The molecule has 1 saturated heterocycles. The second-order valence-corrected chi connectivity index (χ2v) is 7.02. The minimum Gasteiger partial charge on any atom is -0.507 e. The number of aliphatic hydroxyl groups is 1. The summed E-state index contributed by atoms with van der Waals surface area (Å²) in [6.45, 7) is 0.793. The van der Waals surface area contributed by atoms with Crippen LogP contribution in [0.2, 0.25) is 0 Å². The van der Waals surface area contributed by atoms with Crippen LogP contribution in [0.4, 0.5) is 0 Å². The van der Waals surface area contributed by atoms with Gasteiger partial charge >= 0.3 is 0 Å². The van der Waals surface area contributed by atoms with Crippen LogP contribution in [0.25, 0.3) is 5.76 Å². The molecule has 7 heteroatoms. The van der Waals surface area contributed by atoms with Crippen molar-refractivity contribution in [2.45, 2.75) is 12.5 Å². The first-order valence-corrected chi connectivity index (χ1v) is 9.28. The lowest BCUT2D eigenvalue weighted by atomic mass is 9.98. The van der Waals surface area contributed by atoms with Gasteiger partial charge in [0, 0.05) is 36.5 Å². The van der Waals surface area contributed by atoms with E-state index in [1.165, 1.54) is 4.90 Å². The summed E-state index contributed by atoms with van der Waals surface area (Å²) in [5.41, 5.74) is 1.06. The molecule has 140 valence electrons. The van der Waals surface area contributed by atoms with Gasteiger partial charge in [-0.3, -0.25) is 14.6 Å². The lowest BCUT2D eigenvalue weighted by Gasteiger charge is -2.24. The van der Waals surface area contributed by atoms with E-state index in [1.807, 2.05) is 0 Å². The number of aliphatic hydroxyl groups excluding tert-OH is 1. The Balaban J connectivity index is 2.09. The number of nitrogens with zero attached hydrogens (tertiary/aromatic N) is 2. The SMILES string of the molecule is COCCCN1C(=O)C(=O)/C(=C(\O)c2ccc(Br)cc2)C1c1ccccn1. The Kier molecular flexibility index (Phi) is 6.03. The molecule has 1 unspecified atom stereocenters. The summed E-state index contributed by atoms with van der Waals surface area (Å²) in [4.78, 5) is 31.1. The number of benzene rings is 1. The molecule has 6 nitrogen and oxygen atoms in total. The monoisotopic (exact) mass is 430 g/mol. The summed E-state index contributed by atoms with van der Waals surface area (Å²) in [6, 6.07) is 11.5. The number of ether oxygens (including phenoxy) is 1. The van der Waals surface area contributed by atoms with Crippen LogP contribution in [0.3, 0.4) is 0 Å². The summed E-state index contributed by atoms with van der Waals surface area (Å²) in [5.74, 6) is -1.55. The number of carbonyl (C=O) groups is 2. The standard InChI is InChI=1S/C20H19BrN2O4/c1-27-12-4-11-23-17(15-5-2-3-10-22-15)16(19(25)20(23)26)18(24)13-6-8-14(21)9-7-13/h2-3,5-10,17,24H,4,11-12H2,1H3/b18-16-. The fraction of sp³-hybridized carbons (Fsp3) is 0.250. The average molecular weight is 431 g/mol. The molecule has 0 bridgehead atoms. The molecule has 1 aliphatic heterocycles. The number of aromatic nitrogens is 1. The number of carbonyl (C=O) groups excluding carboxylic acids is 2. The third-order valence-electron chi connectivity index (χ3n) is 4.37. The van der Waals surface area contributed by atoms with E-state index in [2.05, 4.69) is 20.9 Å². The molecule has 0 aliphatic carbocycles. The zero-order valence-corrected chi connectivity index (χ0v) is 16.3. The Morgan fingerprint density at radius 3 is 2.59 bits per heavy atom. The van der Waals surface area contributed by atoms with Crippen LogP contribution in [0.5, 0.6) is 0 Å². The molecular formula is C20H19BrN2O4. The Morgan fingerprint density at radius 1 is 1.22 bits per heavy atom. The van der Waals surface area contributed by atoms with Crippen LogP contribution in [0, 0.1) is 0 Å². The number of hydrogen-bond donors (Lipinski definition) is 1. The Hall–Kier alpha value is -2.51. The summed E-state index contributed by atoms with van der Waals surface area (Å²) in [7, 11) is 1.58. The van der Waals surface area contributed by atoms with Gasteiger partial charge in [0.15, 0.2) is 0 Å². The molecule has 0 spiro atoms. The van der Waals surface area contributed by atoms with Crippen molar-refractivity contribution in [3.8, 4) is 0 Å². The van der Waals surface area contributed by atoms with Gasteiger partial charge in [0.05, 0.1) is 11.3 Å². The largest absolute Gasteiger partial charge is 0.507 e. The second-order valence-electron chi connectivity index (χ2n) is 6.10. The molecule has 0 saturated carbocycles. The fourth-order valence-electron chi connectivity index (χ4n) is 3.10. The number of halogens is 1. The first-order valence-electron chi connectivity index (χ1n) is 8.48. The van der Waals surface area contributed by atoms with E-state index in [1.54, 1.807) is 55.8 Å². The lowest BCUT2D eigenvalue weighted by molar-refractivity contribution is -0.140. The van der Waals surface area contributed by atoms with Gasteiger partial charge < -0.3 is 14.7 Å². The van der Waals surface area contributed by atoms with Crippen LogP contribution in [-0.4, -0.2) is 46.9 Å². The van der Waals surface area contributed by atoms with Gasteiger partial charge in [0.2, 0.25) is 0 Å². The van der Waals surface area contributed by atoms with E-state index >= 15 is 0 Å². The number of Topliss-reactive ketones (excluding diaryl/α,β-unsaturated/α-hetero) is 1. The van der Waals surface area contributed by atoms with Crippen molar-refractivity contribution in [2.75, 3.05) is 20.3 Å². The minimum absolute atomic E-state index is 0.0541. The summed E-state index contributed by atoms with van der Waals surface area (Å²) in [5, 5.41) is 10.8. The average Bonchev–Trinajstić information content (AvgIpc) is 2.94. The van der Waals surface area contributed by atoms with Crippen LogP contribution < -0.4 is 0 Å². The summed E-state index contributed by atoms with van der Waals surface area (Å²) < 4.78 is 5.90. The number of methoxy groups -OCH3 is 1. The van der Waals surface area contributed by atoms with Crippen molar-refractivity contribution in [2.24, 2.45) is 0 Å². The predicted octanol–water partition coefficient (Wildman–Crippen LogP) is 3.30. The smallest absolute Gasteiger partial charge is 0.295 e. The minimum atomic E-state index is -0.730. The molecule has 1 aromatic carbocycles. The molecule has 2 heterocycles. The van der Waals surface area contributed by atoms with E-state index in [0.717, 1.165) is 4.47 Å². The number of pyridine rings is 1. The molecule has 1 N–H and O–H groups in total.